The van der Waals surface area contributed by atoms with Gasteiger partial charge in [0.05, 0.1) is 7.11 Å². The Morgan fingerprint density at radius 2 is 1.94 bits per heavy atom. The second kappa shape index (κ2) is 5.67. The normalized spacial score (nSPS) is 24.1. The molecule has 0 aromatic heterocycles. The minimum Gasteiger partial charge on any atom is -0.468 e. The van der Waals surface area contributed by atoms with E-state index in [1.807, 2.05) is 0 Å². The number of ether oxygens (including phenoxy) is 1. The summed E-state index contributed by atoms with van der Waals surface area (Å²) in [7, 11) is 1.49. The minimum atomic E-state index is -0.0718. The van der Waals surface area contributed by atoms with Gasteiger partial charge in [0, 0.05) is 6.04 Å². The van der Waals surface area contributed by atoms with Crippen LogP contribution in [0.4, 0.5) is 0 Å². The topological polar surface area (TPSA) is 38.3 Å². The van der Waals surface area contributed by atoms with E-state index in [2.05, 4.69) is 5.32 Å². The van der Waals surface area contributed by atoms with Crippen molar-refractivity contribution >= 4 is 5.97 Å². The Hall–Kier alpha value is -0.570. The molecule has 92 valence electrons. The number of esters is 1. The van der Waals surface area contributed by atoms with Crippen LogP contribution in [0.1, 0.15) is 51.4 Å². The third kappa shape index (κ3) is 3.48. The SMILES string of the molecule is COC(=O)[C@H](CC1CCCCC1)NC1CC1. The first-order chi connectivity index (χ1) is 7.79. The number of carbonyl (C=O) groups is 1. The Balaban J connectivity index is 1.81. The first-order valence-corrected chi connectivity index (χ1v) is 6.63. The van der Waals surface area contributed by atoms with Crippen molar-refractivity contribution in [2.75, 3.05) is 7.11 Å². The number of rotatable bonds is 5. The van der Waals surface area contributed by atoms with Crippen molar-refractivity contribution in [3.8, 4) is 0 Å². The highest BCUT2D eigenvalue weighted by Gasteiger charge is 2.31. The molecule has 3 heteroatoms. The Bertz CT molecular complexity index is 232. The zero-order valence-electron chi connectivity index (χ0n) is 10.2. The van der Waals surface area contributed by atoms with Crippen LogP contribution >= 0.6 is 0 Å². The molecular formula is C13H23NO2. The van der Waals surface area contributed by atoms with Gasteiger partial charge in [-0.25, -0.2) is 0 Å². The fraction of sp³-hybridized carbons (Fsp3) is 0.923. The van der Waals surface area contributed by atoms with Gasteiger partial charge in [-0.1, -0.05) is 32.1 Å². The minimum absolute atomic E-state index is 0.0550. The summed E-state index contributed by atoms with van der Waals surface area (Å²) in [6, 6.07) is 0.522. The molecule has 0 aliphatic heterocycles. The molecule has 16 heavy (non-hydrogen) atoms. The highest BCUT2D eigenvalue weighted by molar-refractivity contribution is 5.75. The maximum absolute atomic E-state index is 11.7. The van der Waals surface area contributed by atoms with Crippen LogP contribution in [0.5, 0.6) is 0 Å². The molecule has 2 aliphatic rings. The molecular weight excluding hydrogens is 202 g/mol. The van der Waals surface area contributed by atoms with Gasteiger partial charge in [-0.05, 0) is 25.2 Å². The third-order valence-electron chi connectivity index (χ3n) is 3.79. The van der Waals surface area contributed by atoms with Gasteiger partial charge in [-0.15, -0.1) is 0 Å². The van der Waals surface area contributed by atoms with Crippen LogP contribution in [0, 0.1) is 5.92 Å². The van der Waals surface area contributed by atoms with Gasteiger partial charge < -0.3 is 10.1 Å². The number of carbonyl (C=O) groups excluding carboxylic acids is 1. The van der Waals surface area contributed by atoms with Crippen molar-refractivity contribution in [2.24, 2.45) is 5.92 Å². The van der Waals surface area contributed by atoms with Crippen molar-refractivity contribution < 1.29 is 9.53 Å². The summed E-state index contributed by atoms with van der Waals surface area (Å²) < 4.78 is 4.88. The average molecular weight is 225 g/mol. The van der Waals surface area contributed by atoms with E-state index in [4.69, 9.17) is 4.74 Å². The molecule has 2 saturated carbocycles. The molecule has 0 aromatic rings. The molecule has 0 unspecified atom stereocenters. The summed E-state index contributed by atoms with van der Waals surface area (Å²) >= 11 is 0. The summed E-state index contributed by atoms with van der Waals surface area (Å²) in [5, 5.41) is 3.41. The van der Waals surface area contributed by atoms with E-state index in [9.17, 15) is 4.79 Å². The summed E-state index contributed by atoms with van der Waals surface area (Å²) in [5.41, 5.74) is 0. The second-order valence-corrected chi connectivity index (χ2v) is 5.26. The van der Waals surface area contributed by atoms with E-state index in [1.54, 1.807) is 0 Å². The van der Waals surface area contributed by atoms with E-state index in [1.165, 1.54) is 52.1 Å². The molecule has 0 amide bonds. The number of nitrogens with one attached hydrogen (secondary N) is 1. The van der Waals surface area contributed by atoms with Gasteiger partial charge in [0.15, 0.2) is 0 Å². The van der Waals surface area contributed by atoms with Crippen LogP contribution in [0.2, 0.25) is 0 Å². The zero-order valence-corrected chi connectivity index (χ0v) is 10.2. The molecule has 0 bridgehead atoms. The quantitative estimate of drug-likeness (QED) is 0.729. The number of hydrogen-bond acceptors (Lipinski definition) is 3. The first-order valence-electron chi connectivity index (χ1n) is 6.63. The lowest BCUT2D eigenvalue weighted by Crippen LogP contribution is -2.40. The second-order valence-electron chi connectivity index (χ2n) is 5.26. The first kappa shape index (κ1) is 11.9. The van der Waals surface area contributed by atoms with Gasteiger partial charge in [0.25, 0.3) is 0 Å². The summed E-state index contributed by atoms with van der Waals surface area (Å²) in [6.07, 6.45) is 10.0. The monoisotopic (exact) mass is 225 g/mol. The standard InChI is InChI=1S/C13H23NO2/c1-16-13(15)12(14-11-7-8-11)9-10-5-3-2-4-6-10/h10-12,14H,2-9H2,1H3/t12-/m0/s1. The van der Waals surface area contributed by atoms with Crippen LogP contribution in [-0.2, 0) is 9.53 Å². The maximum Gasteiger partial charge on any atom is 0.322 e. The lowest BCUT2D eigenvalue weighted by molar-refractivity contribution is -0.143. The summed E-state index contributed by atoms with van der Waals surface area (Å²) in [5.74, 6) is 0.654. The smallest absolute Gasteiger partial charge is 0.322 e. The molecule has 2 rings (SSSR count). The van der Waals surface area contributed by atoms with Crippen LogP contribution in [0.25, 0.3) is 0 Å². The van der Waals surface area contributed by atoms with Crippen molar-refractivity contribution in [2.45, 2.75) is 63.5 Å². The lowest BCUT2D eigenvalue weighted by atomic mass is 9.85. The Kier molecular flexibility index (Phi) is 4.22. The van der Waals surface area contributed by atoms with E-state index in [0.717, 1.165) is 12.3 Å². The van der Waals surface area contributed by atoms with Crippen LogP contribution in [0.15, 0.2) is 0 Å². The zero-order chi connectivity index (χ0) is 11.4. The highest BCUT2D eigenvalue weighted by atomic mass is 16.5. The molecule has 2 aliphatic carbocycles. The predicted octanol–water partition coefficient (Wildman–Crippen LogP) is 2.25. The van der Waals surface area contributed by atoms with Crippen LogP contribution in [0.3, 0.4) is 0 Å². The van der Waals surface area contributed by atoms with Gasteiger partial charge in [0.2, 0.25) is 0 Å². The van der Waals surface area contributed by atoms with Crippen molar-refractivity contribution in [1.82, 2.24) is 5.32 Å². The Morgan fingerprint density at radius 1 is 1.25 bits per heavy atom. The predicted molar refractivity (Wildman–Crippen MR) is 63.2 cm³/mol. The average Bonchev–Trinajstić information content (AvgIpc) is 3.12. The highest BCUT2D eigenvalue weighted by Crippen LogP contribution is 2.29. The largest absolute Gasteiger partial charge is 0.468 e. The summed E-state index contributed by atoms with van der Waals surface area (Å²) in [6.45, 7) is 0. The fourth-order valence-electron chi connectivity index (χ4n) is 2.67. The molecule has 0 heterocycles. The van der Waals surface area contributed by atoms with Gasteiger partial charge in [-0.3, -0.25) is 4.79 Å². The number of methoxy groups -OCH3 is 1. The van der Waals surface area contributed by atoms with E-state index < -0.39 is 0 Å². The molecule has 0 saturated heterocycles. The summed E-state index contributed by atoms with van der Waals surface area (Å²) in [4.78, 5) is 11.7. The van der Waals surface area contributed by atoms with Gasteiger partial charge >= 0.3 is 5.97 Å². The van der Waals surface area contributed by atoms with Crippen LogP contribution in [-0.4, -0.2) is 25.2 Å². The maximum atomic E-state index is 11.7. The number of hydrogen-bond donors (Lipinski definition) is 1. The fourth-order valence-corrected chi connectivity index (χ4v) is 2.67. The Morgan fingerprint density at radius 3 is 2.50 bits per heavy atom. The van der Waals surface area contributed by atoms with Crippen molar-refractivity contribution in [3.05, 3.63) is 0 Å². The van der Waals surface area contributed by atoms with Gasteiger partial charge in [-0.2, -0.15) is 0 Å². The lowest BCUT2D eigenvalue weighted by Gasteiger charge is -2.25. The van der Waals surface area contributed by atoms with Gasteiger partial charge in [0.1, 0.15) is 6.04 Å². The molecule has 0 radical (unpaired) electrons. The molecule has 3 nitrogen and oxygen atoms in total. The molecule has 2 fully saturated rings. The molecule has 1 atom stereocenters. The van der Waals surface area contributed by atoms with Crippen LogP contribution < -0.4 is 5.32 Å². The van der Waals surface area contributed by atoms with E-state index in [-0.39, 0.29) is 12.0 Å². The molecule has 0 aromatic carbocycles. The van der Waals surface area contributed by atoms with Crippen molar-refractivity contribution in [3.63, 3.8) is 0 Å². The molecule has 1 N–H and O–H groups in total. The Labute approximate surface area is 97.9 Å². The third-order valence-corrected chi connectivity index (χ3v) is 3.79. The van der Waals surface area contributed by atoms with Crippen molar-refractivity contribution in [1.29, 1.82) is 0 Å². The molecule has 0 spiro atoms. The van der Waals surface area contributed by atoms with E-state index in [0.29, 0.717) is 6.04 Å². The van der Waals surface area contributed by atoms with E-state index >= 15 is 0 Å².